The van der Waals surface area contributed by atoms with Crippen LogP contribution >= 0.6 is 0 Å². The van der Waals surface area contributed by atoms with Gasteiger partial charge in [0.15, 0.2) is 0 Å². The lowest BCUT2D eigenvalue weighted by molar-refractivity contribution is 0.180. The van der Waals surface area contributed by atoms with E-state index in [0.29, 0.717) is 0 Å². The summed E-state index contributed by atoms with van der Waals surface area (Å²) in [5, 5.41) is 8.85. The van der Waals surface area contributed by atoms with Gasteiger partial charge in [-0.2, -0.15) is 8.42 Å². The van der Waals surface area contributed by atoms with Crippen LogP contribution in [0.15, 0.2) is 0 Å². The smallest absolute Gasteiger partial charge is 0.393 e. The third-order valence-corrected chi connectivity index (χ3v) is 1.48. The summed E-state index contributed by atoms with van der Waals surface area (Å²) in [6.07, 6.45) is 5.93. The van der Waals surface area contributed by atoms with Crippen molar-refractivity contribution >= 4 is 10.4 Å². The van der Waals surface area contributed by atoms with Gasteiger partial charge in [0.05, 0.1) is 6.10 Å². The zero-order valence-corrected chi connectivity index (χ0v) is 9.50. The third-order valence-electron chi connectivity index (χ3n) is 1.48. The second-order valence-electron chi connectivity index (χ2n) is 3.15. The molecule has 0 radical (unpaired) electrons. The number of hydrogen-bond donors (Lipinski definition) is 3. The van der Waals surface area contributed by atoms with E-state index in [0.717, 1.165) is 6.42 Å². The van der Waals surface area contributed by atoms with Crippen molar-refractivity contribution in [1.29, 1.82) is 0 Å². The van der Waals surface area contributed by atoms with Gasteiger partial charge in [0.2, 0.25) is 0 Å². The minimum absolute atomic E-state index is 0.0955. The Hall–Kier alpha value is -0.170. The summed E-state index contributed by atoms with van der Waals surface area (Å²) in [5.41, 5.74) is 0. The van der Waals surface area contributed by atoms with E-state index in [-0.39, 0.29) is 6.10 Å². The predicted molar refractivity (Wildman–Crippen MR) is 54.6 cm³/mol. The molecule has 6 heteroatoms. The zero-order valence-electron chi connectivity index (χ0n) is 8.68. The molecule has 0 spiro atoms. The Balaban J connectivity index is 0. The normalized spacial score (nSPS) is 12.9. The average molecular weight is 228 g/mol. The van der Waals surface area contributed by atoms with Gasteiger partial charge in [0.25, 0.3) is 0 Å². The van der Waals surface area contributed by atoms with Gasteiger partial charge in [0, 0.05) is 0 Å². The lowest BCUT2D eigenvalue weighted by Crippen LogP contribution is -1.97. The summed E-state index contributed by atoms with van der Waals surface area (Å²) in [4.78, 5) is 0. The molecule has 1 unspecified atom stereocenters. The van der Waals surface area contributed by atoms with Gasteiger partial charge in [-0.25, -0.2) is 0 Å². The highest BCUT2D eigenvalue weighted by atomic mass is 32.3. The fourth-order valence-electron chi connectivity index (χ4n) is 0.867. The van der Waals surface area contributed by atoms with Crippen LogP contribution in [0.4, 0.5) is 0 Å². The number of aliphatic hydroxyl groups is 1. The summed E-state index contributed by atoms with van der Waals surface area (Å²) < 4.78 is 31.6. The van der Waals surface area contributed by atoms with Crippen molar-refractivity contribution in [3.63, 3.8) is 0 Å². The molecular formula is C8H20O5S. The van der Waals surface area contributed by atoms with Crippen LogP contribution in [0.5, 0.6) is 0 Å². The van der Waals surface area contributed by atoms with Gasteiger partial charge in [-0.3, -0.25) is 9.11 Å². The Bertz CT molecular complexity index is 190. The second-order valence-corrected chi connectivity index (χ2v) is 4.04. The molecule has 0 aromatic carbocycles. The Morgan fingerprint density at radius 1 is 1.14 bits per heavy atom. The fraction of sp³-hybridized carbons (Fsp3) is 1.00. The summed E-state index contributed by atoms with van der Waals surface area (Å²) in [5.74, 6) is 0. The van der Waals surface area contributed by atoms with Crippen molar-refractivity contribution in [2.75, 3.05) is 0 Å². The van der Waals surface area contributed by atoms with Crippen LogP contribution in [-0.4, -0.2) is 28.7 Å². The summed E-state index contributed by atoms with van der Waals surface area (Å²) in [7, 11) is -4.67. The molecule has 0 aromatic heterocycles. The third kappa shape index (κ3) is 40.8. The molecule has 3 N–H and O–H groups in total. The molecule has 0 aliphatic heterocycles. The Kier molecular flexibility index (Phi) is 10.9. The van der Waals surface area contributed by atoms with Gasteiger partial charge in [0.1, 0.15) is 0 Å². The van der Waals surface area contributed by atoms with E-state index in [1.54, 1.807) is 0 Å². The minimum Gasteiger partial charge on any atom is -0.393 e. The first-order chi connectivity index (χ1) is 6.27. The number of unbranched alkanes of at least 4 members (excludes halogenated alkanes) is 3. The molecule has 14 heavy (non-hydrogen) atoms. The molecule has 5 nitrogen and oxygen atoms in total. The van der Waals surface area contributed by atoms with E-state index in [1.165, 1.54) is 25.7 Å². The van der Waals surface area contributed by atoms with E-state index < -0.39 is 10.4 Å². The monoisotopic (exact) mass is 228 g/mol. The first-order valence-corrected chi connectivity index (χ1v) is 6.05. The van der Waals surface area contributed by atoms with Gasteiger partial charge >= 0.3 is 10.4 Å². The van der Waals surface area contributed by atoms with Crippen molar-refractivity contribution in [3.05, 3.63) is 0 Å². The standard InChI is InChI=1S/C8H18O.H2O4S/c1-3-4-5-6-7-8(2)9;1-5(2,3)4/h8-9H,3-7H2,1-2H3;(H2,1,2,3,4). The highest BCUT2D eigenvalue weighted by molar-refractivity contribution is 7.79. The van der Waals surface area contributed by atoms with Crippen LogP contribution < -0.4 is 0 Å². The average Bonchev–Trinajstić information content (AvgIpc) is 1.94. The van der Waals surface area contributed by atoms with E-state index in [4.69, 9.17) is 22.6 Å². The molecule has 0 saturated carbocycles. The quantitative estimate of drug-likeness (QED) is 0.491. The van der Waals surface area contributed by atoms with Crippen LogP contribution in [0.2, 0.25) is 0 Å². The van der Waals surface area contributed by atoms with E-state index >= 15 is 0 Å². The molecule has 0 amide bonds. The van der Waals surface area contributed by atoms with Gasteiger partial charge in [-0.15, -0.1) is 0 Å². The van der Waals surface area contributed by atoms with Crippen molar-refractivity contribution in [1.82, 2.24) is 0 Å². The summed E-state index contributed by atoms with van der Waals surface area (Å²) >= 11 is 0. The first kappa shape index (κ1) is 16.3. The molecule has 0 rings (SSSR count). The number of aliphatic hydroxyl groups excluding tert-OH is 1. The molecule has 0 heterocycles. The Morgan fingerprint density at radius 2 is 1.57 bits per heavy atom. The van der Waals surface area contributed by atoms with Gasteiger partial charge in [-0.1, -0.05) is 32.6 Å². The molecule has 0 bridgehead atoms. The van der Waals surface area contributed by atoms with Crippen LogP contribution in [0.3, 0.4) is 0 Å². The number of hydrogen-bond acceptors (Lipinski definition) is 3. The topological polar surface area (TPSA) is 94.8 Å². The van der Waals surface area contributed by atoms with E-state index in [1.807, 2.05) is 6.92 Å². The Labute approximate surface area is 85.7 Å². The molecule has 0 aliphatic rings. The first-order valence-electron chi connectivity index (χ1n) is 4.65. The van der Waals surface area contributed by atoms with Crippen LogP contribution in [-0.2, 0) is 10.4 Å². The van der Waals surface area contributed by atoms with Crippen molar-refractivity contribution in [3.8, 4) is 0 Å². The number of rotatable bonds is 5. The largest absolute Gasteiger partial charge is 0.394 e. The molecular weight excluding hydrogens is 208 g/mol. The van der Waals surface area contributed by atoms with Gasteiger partial charge in [-0.05, 0) is 13.3 Å². The molecule has 88 valence electrons. The van der Waals surface area contributed by atoms with Gasteiger partial charge < -0.3 is 5.11 Å². The molecule has 0 fully saturated rings. The fourth-order valence-corrected chi connectivity index (χ4v) is 0.867. The van der Waals surface area contributed by atoms with Crippen LogP contribution in [0, 0.1) is 0 Å². The maximum absolute atomic E-state index is 8.85. The van der Waals surface area contributed by atoms with Crippen molar-refractivity contribution in [2.24, 2.45) is 0 Å². The van der Waals surface area contributed by atoms with Crippen molar-refractivity contribution < 1.29 is 22.6 Å². The molecule has 0 aliphatic carbocycles. The SMILES string of the molecule is CCCCCCC(C)O.O=S(=O)(O)O. The minimum atomic E-state index is -4.67. The highest BCUT2D eigenvalue weighted by Crippen LogP contribution is 2.04. The zero-order chi connectivity index (χ0) is 11.6. The van der Waals surface area contributed by atoms with Crippen LogP contribution in [0.1, 0.15) is 46.0 Å². The maximum Gasteiger partial charge on any atom is 0.394 e. The molecule has 0 saturated heterocycles. The summed E-state index contributed by atoms with van der Waals surface area (Å²) in [6, 6.07) is 0. The highest BCUT2D eigenvalue weighted by Gasteiger charge is 1.93. The Morgan fingerprint density at radius 3 is 1.86 bits per heavy atom. The van der Waals surface area contributed by atoms with E-state index in [2.05, 4.69) is 6.92 Å². The van der Waals surface area contributed by atoms with E-state index in [9.17, 15) is 0 Å². The molecule has 0 aromatic rings. The second kappa shape index (κ2) is 9.39. The predicted octanol–water partition coefficient (Wildman–Crippen LogP) is 1.68. The summed E-state index contributed by atoms with van der Waals surface area (Å²) in [6.45, 7) is 4.05. The lowest BCUT2D eigenvalue weighted by Gasteiger charge is -2.01. The van der Waals surface area contributed by atoms with Crippen LogP contribution in [0.25, 0.3) is 0 Å². The maximum atomic E-state index is 8.85. The van der Waals surface area contributed by atoms with Crippen molar-refractivity contribution in [2.45, 2.75) is 52.1 Å². The lowest BCUT2D eigenvalue weighted by atomic mass is 10.1. The molecule has 1 atom stereocenters.